The van der Waals surface area contributed by atoms with Crippen molar-refractivity contribution < 1.29 is 14.0 Å². The third-order valence-corrected chi connectivity index (χ3v) is 6.32. The second kappa shape index (κ2) is 8.49. The molecule has 1 atom stereocenters. The molecule has 1 N–H and O–H groups in total. The second-order valence-electron chi connectivity index (χ2n) is 7.06. The van der Waals surface area contributed by atoms with Crippen molar-refractivity contribution in [1.82, 2.24) is 10.2 Å². The molecule has 0 saturated carbocycles. The number of anilines is 2. The van der Waals surface area contributed by atoms with Gasteiger partial charge in [0.1, 0.15) is 10.8 Å². The molecular weight excluding hydrogens is 427 g/mol. The van der Waals surface area contributed by atoms with Crippen LogP contribution in [-0.2, 0) is 16.0 Å². The van der Waals surface area contributed by atoms with Crippen LogP contribution in [0.15, 0.2) is 42.5 Å². The van der Waals surface area contributed by atoms with Crippen LogP contribution in [0.4, 0.5) is 15.2 Å². The summed E-state index contributed by atoms with van der Waals surface area (Å²) < 4.78 is 13.9. The Kier molecular flexibility index (Phi) is 5.78. The first-order chi connectivity index (χ1) is 14.4. The summed E-state index contributed by atoms with van der Waals surface area (Å²) in [4.78, 5) is 26.6. The van der Waals surface area contributed by atoms with Crippen molar-refractivity contribution in [2.75, 3.05) is 16.8 Å². The fourth-order valence-corrected chi connectivity index (χ4v) is 4.53. The molecule has 1 aromatic heterocycles. The summed E-state index contributed by atoms with van der Waals surface area (Å²) in [5, 5.41) is 12.0. The van der Waals surface area contributed by atoms with Crippen LogP contribution in [0.3, 0.4) is 0 Å². The fraction of sp³-hybridized carbons (Fsp3) is 0.238. The van der Waals surface area contributed by atoms with Gasteiger partial charge in [-0.15, -0.1) is 10.2 Å². The van der Waals surface area contributed by atoms with Gasteiger partial charge >= 0.3 is 0 Å². The Labute approximate surface area is 181 Å². The molecule has 0 bridgehead atoms. The van der Waals surface area contributed by atoms with Crippen molar-refractivity contribution in [3.05, 3.63) is 69.4 Å². The van der Waals surface area contributed by atoms with Crippen LogP contribution < -0.4 is 10.2 Å². The van der Waals surface area contributed by atoms with E-state index in [0.717, 1.165) is 11.3 Å². The molecule has 9 heteroatoms. The summed E-state index contributed by atoms with van der Waals surface area (Å²) in [6, 6.07) is 12.0. The highest BCUT2D eigenvalue weighted by molar-refractivity contribution is 7.15. The van der Waals surface area contributed by atoms with Crippen LogP contribution in [0.25, 0.3) is 0 Å². The second-order valence-corrected chi connectivity index (χ2v) is 8.48. The lowest BCUT2D eigenvalue weighted by molar-refractivity contribution is -0.117. The van der Waals surface area contributed by atoms with Gasteiger partial charge in [-0.2, -0.15) is 0 Å². The number of nitrogens with zero attached hydrogens (tertiary/aromatic N) is 3. The number of rotatable bonds is 5. The van der Waals surface area contributed by atoms with Gasteiger partial charge in [0.15, 0.2) is 0 Å². The summed E-state index contributed by atoms with van der Waals surface area (Å²) in [6.07, 6.45) is 0.130. The summed E-state index contributed by atoms with van der Waals surface area (Å²) in [6.45, 7) is 2.48. The predicted molar refractivity (Wildman–Crippen MR) is 115 cm³/mol. The number of halogens is 2. The van der Waals surface area contributed by atoms with Crippen LogP contribution in [0.1, 0.15) is 28.5 Å². The number of carbonyl (C=O) groups excluding carboxylic acids is 2. The molecule has 1 aliphatic rings. The summed E-state index contributed by atoms with van der Waals surface area (Å²) in [7, 11) is 0. The maximum absolute atomic E-state index is 13.9. The third-order valence-electron chi connectivity index (χ3n) is 4.97. The first-order valence-electron chi connectivity index (χ1n) is 9.34. The van der Waals surface area contributed by atoms with Gasteiger partial charge in [-0.1, -0.05) is 47.2 Å². The monoisotopic (exact) mass is 444 g/mol. The number of aryl methyl sites for hydroxylation is 1. The van der Waals surface area contributed by atoms with Crippen LogP contribution in [0, 0.1) is 12.7 Å². The van der Waals surface area contributed by atoms with Crippen LogP contribution in [0.5, 0.6) is 0 Å². The average Bonchev–Trinajstić information content (AvgIpc) is 3.32. The van der Waals surface area contributed by atoms with E-state index < -0.39 is 11.7 Å². The van der Waals surface area contributed by atoms with E-state index in [2.05, 4.69) is 15.5 Å². The molecule has 30 heavy (non-hydrogen) atoms. The lowest BCUT2D eigenvalue weighted by atomic mass is 10.1. The number of hydrogen-bond donors (Lipinski definition) is 1. The molecule has 1 saturated heterocycles. The van der Waals surface area contributed by atoms with E-state index in [1.807, 2.05) is 31.2 Å². The van der Waals surface area contributed by atoms with Crippen molar-refractivity contribution >= 4 is 45.6 Å². The number of nitrogens with one attached hydrogen (secondary N) is 1. The highest BCUT2D eigenvalue weighted by Gasteiger charge is 2.34. The van der Waals surface area contributed by atoms with Gasteiger partial charge in [-0.3, -0.25) is 9.59 Å². The Morgan fingerprint density at radius 2 is 2.07 bits per heavy atom. The third kappa shape index (κ3) is 4.20. The number of para-hydroxylation sites is 1. The SMILES string of the molecule is Cc1ccccc1N1C[C@H](c2nnc(NC(=O)Cc3c(F)cccc3Cl)s2)CC1=O. The Bertz CT molecular complexity index is 1100. The van der Waals surface area contributed by atoms with Gasteiger partial charge in [-0.05, 0) is 30.7 Å². The molecule has 2 aromatic carbocycles. The molecule has 0 radical (unpaired) electrons. The van der Waals surface area contributed by atoms with Crippen molar-refractivity contribution in [3.8, 4) is 0 Å². The molecule has 154 valence electrons. The molecule has 1 fully saturated rings. The maximum atomic E-state index is 13.9. The molecule has 4 rings (SSSR count). The number of carbonyl (C=O) groups is 2. The smallest absolute Gasteiger partial charge is 0.230 e. The predicted octanol–water partition coefficient (Wildman–Crippen LogP) is 4.34. The lowest BCUT2D eigenvalue weighted by Crippen LogP contribution is -2.25. The zero-order valence-corrected chi connectivity index (χ0v) is 17.6. The zero-order valence-electron chi connectivity index (χ0n) is 16.1. The highest BCUT2D eigenvalue weighted by atomic mass is 35.5. The van der Waals surface area contributed by atoms with Gasteiger partial charge in [-0.25, -0.2) is 4.39 Å². The standard InChI is InChI=1S/C21H18ClFN4O2S/c1-12-5-2-3-8-17(12)27-11-13(9-19(27)29)20-25-26-21(30-20)24-18(28)10-14-15(22)6-4-7-16(14)23/h2-8,13H,9-11H2,1H3,(H,24,26,28)/t13-/m1/s1. The van der Waals surface area contributed by atoms with Crippen molar-refractivity contribution in [2.45, 2.75) is 25.7 Å². The largest absolute Gasteiger partial charge is 0.311 e. The normalized spacial score (nSPS) is 16.2. The van der Waals surface area contributed by atoms with E-state index in [4.69, 9.17) is 11.6 Å². The Morgan fingerprint density at radius 1 is 1.27 bits per heavy atom. The molecule has 2 amide bonds. The Balaban J connectivity index is 1.43. The number of hydrogen-bond acceptors (Lipinski definition) is 5. The minimum atomic E-state index is -0.531. The van der Waals surface area contributed by atoms with Gasteiger partial charge < -0.3 is 10.2 Å². The van der Waals surface area contributed by atoms with E-state index in [-0.39, 0.29) is 28.8 Å². The molecule has 0 aliphatic carbocycles. The number of benzene rings is 2. The van der Waals surface area contributed by atoms with E-state index in [1.54, 1.807) is 4.90 Å². The minimum Gasteiger partial charge on any atom is -0.311 e. The summed E-state index contributed by atoms with van der Waals surface area (Å²) >= 11 is 7.19. The molecule has 0 unspecified atom stereocenters. The molecule has 6 nitrogen and oxygen atoms in total. The Morgan fingerprint density at radius 3 is 2.83 bits per heavy atom. The van der Waals surface area contributed by atoms with Crippen LogP contribution in [0.2, 0.25) is 5.02 Å². The number of amides is 2. The van der Waals surface area contributed by atoms with E-state index in [9.17, 15) is 14.0 Å². The summed E-state index contributed by atoms with van der Waals surface area (Å²) in [5.41, 5.74) is 2.06. The molecule has 3 aromatic rings. The topological polar surface area (TPSA) is 75.2 Å². The van der Waals surface area contributed by atoms with Crippen molar-refractivity contribution in [3.63, 3.8) is 0 Å². The fourth-order valence-electron chi connectivity index (χ4n) is 3.45. The first-order valence-corrected chi connectivity index (χ1v) is 10.5. The van der Waals surface area contributed by atoms with E-state index >= 15 is 0 Å². The van der Waals surface area contributed by atoms with E-state index in [0.29, 0.717) is 23.1 Å². The molecule has 1 aliphatic heterocycles. The van der Waals surface area contributed by atoms with Crippen molar-refractivity contribution in [2.24, 2.45) is 0 Å². The molecule has 2 heterocycles. The highest BCUT2D eigenvalue weighted by Crippen LogP contribution is 2.35. The maximum Gasteiger partial charge on any atom is 0.230 e. The molecular formula is C21H18ClFN4O2S. The molecule has 0 spiro atoms. The van der Waals surface area contributed by atoms with Gasteiger partial charge in [0, 0.05) is 35.2 Å². The van der Waals surface area contributed by atoms with Crippen LogP contribution in [-0.4, -0.2) is 28.6 Å². The zero-order chi connectivity index (χ0) is 21.3. The minimum absolute atomic E-state index is 0.0317. The van der Waals surface area contributed by atoms with E-state index in [1.165, 1.54) is 29.5 Å². The van der Waals surface area contributed by atoms with Gasteiger partial charge in [0.25, 0.3) is 0 Å². The number of aromatic nitrogens is 2. The van der Waals surface area contributed by atoms with Gasteiger partial charge in [0.2, 0.25) is 16.9 Å². The average molecular weight is 445 g/mol. The van der Waals surface area contributed by atoms with Gasteiger partial charge in [0.05, 0.1) is 6.42 Å². The van der Waals surface area contributed by atoms with Crippen LogP contribution >= 0.6 is 22.9 Å². The first kappa shape index (κ1) is 20.4. The lowest BCUT2D eigenvalue weighted by Gasteiger charge is -2.18. The van der Waals surface area contributed by atoms with Crippen molar-refractivity contribution in [1.29, 1.82) is 0 Å². The Hall–Kier alpha value is -2.84. The summed E-state index contributed by atoms with van der Waals surface area (Å²) in [5.74, 6) is -1.03. The quantitative estimate of drug-likeness (QED) is 0.635.